The second-order valence-corrected chi connectivity index (χ2v) is 4.95. The van der Waals surface area contributed by atoms with Gasteiger partial charge in [-0.2, -0.15) is 0 Å². The molecule has 1 aromatic heterocycles. The molecule has 0 amide bonds. The second kappa shape index (κ2) is 6.22. The van der Waals surface area contributed by atoms with Crippen molar-refractivity contribution < 1.29 is 0 Å². The fraction of sp³-hybridized carbons (Fsp3) is 0.615. The van der Waals surface area contributed by atoms with Crippen molar-refractivity contribution in [3.8, 4) is 0 Å². The van der Waals surface area contributed by atoms with Crippen LogP contribution in [0.25, 0.3) is 0 Å². The predicted molar refractivity (Wildman–Crippen MR) is 72.8 cm³/mol. The van der Waals surface area contributed by atoms with E-state index in [2.05, 4.69) is 22.5 Å². The third-order valence-corrected chi connectivity index (χ3v) is 3.45. The molecule has 0 saturated carbocycles. The van der Waals surface area contributed by atoms with E-state index >= 15 is 0 Å². The maximum absolute atomic E-state index is 5.96. The van der Waals surface area contributed by atoms with Crippen molar-refractivity contribution >= 4 is 17.3 Å². The third-order valence-electron chi connectivity index (χ3n) is 3.24. The Hall–Kier alpha value is -0.800. The summed E-state index contributed by atoms with van der Waals surface area (Å²) in [4.78, 5) is 4.13. The fourth-order valence-corrected chi connectivity index (χ4v) is 2.39. The molecule has 2 heterocycles. The van der Waals surface area contributed by atoms with Crippen LogP contribution in [0, 0.1) is 0 Å². The van der Waals surface area contributed by atoms with Crippen molar-refractivity contribution in [2.45, 2.75) is 38.6 Å². The van der Waals surface area contributed by atoms with Crippen molar-refractivity contribution in [2.24, 2.45) is 0 Å². The first-order valence-corrected chi connectivity index (χ1v) is 6.79. The van der Waals surface area contributed by atoms with E-state index in [9.17, 15) is 0 Å². The minimum Gasteiger partial charge on any atom is -0.381 e. The molecule has 1 fully saturated rings. The summed E-state index contributed by atoms with van der Waals surface area (Å²) < 4.78 is 0. The lowest BCUT2D eigenvalue weighted by atomic mass is 10.1. The molecule has 1 saturated heterocycles. The minimum absolute atomic E-state index is 0.501. The highest BCUT2D eigenvalue weighted by molar-refractivity contribution is 6.29. The Labute approximate surface area is 108 Å². The molecule has 4 heteroatoms. The number of anilines is 1. The van der Waals surface area contributed by atoms with E-state index in [1.165, 1.54) is 24.8 Å². The van der Waals surface area contributed by atoms with E-state index in [1.54, 1.807) is 0 Å². The van der Waals surface area contributed by atoms with Gasteiger partial charge in [0.05, 0.1) is 0 Å². The van der Waals surface area contributed by atoms with Gasteiger partial charge in [0.2, 0.25) is 0 Å². The van der Waals surface area contributed by atoms with E-state index < -0.39 is 0 Å². The average molecular weight is 254 g/mol. The maximum atomic E-state index is 5.96. The Kier molecular flexibility index (Phi) is 4.63. The predicted octanol–water partition coefficient (Wildman–Crippen LogP) is 2.85. The molecule has 94 valence electrons. The normalized spacial score (nSPS) is 20.9. The number of nitrogens with zero attached hydrogens (tertiary/aromatic N) is 1. The Morgan fingerprint density at radius 3 is 3.24 bits per heavy atom. The summed E-state index contributed by atoms with van der Waals surface area (Å²) in [5.74, 6) is 0. The Morgan fingerprint density at radius 1 is 1.53 bits per heavy atom. The highest BCUT2D eigenvalue weighted by Gasteiger charge is 2.13. The van der Waals surface area contributed by atoms with E-state index in [-0.39, 0.29) is 0 Å². The molecule has 2 N–H and O–H groups in total. The largest absolute Gasteiger partial charge is 0.381 e. The van der Waals surface area contributed by atoms with Crippen LogP contribution < -0.4 is 10.6 Å². The quantitative estimate of drug-likeness (QED) is 0.814. The summed E-state index contributed by atoms with van der Waals surface area (Å²) in [6, 6.07) is 2.44. The zero-order valence-electron chi connectivity index (χ0n) is 10.3. The van der Waals surface area contributed by atoms with Crippen molar-refractivity contribution in [3.63, 3.8) is 0 Å². The highest BCUT2D eigenvalue weighted by Crippen LogP contribution is 2.21. The number of nitrogens with one attached hydrogen (secondary N) is 2. The van der Waals surface area contributed by atoms with Gasteiger partial charge in [-0.3, -0.25) is 0 Å². The first kappa shape index (κ1) is 12.7. The van der Waals surface area contributed by atoms with Gasteiger partial charge in [0, 0.05) is 24.5 Å². The fourth-order valence-electron chi connectivity index (χ4n) is 2.24. The van der Waals surface area contributed by atoms with Crippen LogP contribution in [-0.4, -0.2) is 24.1 Å². The molecular weight excluding hydrogens is 234 g/mol. The topological polar surface area (TPSA) is 37.0 Å². The van der Waals surface area contributed by atoms with Gasteiger partial charge in [-0.25, -0.2) is 4.98 Å². The van der Waals surface area contributed by atoms with Crippen molar-refractivity contribution in [1.82, 2.24) is 10.3 Å². The summed E-state index contributed by atoms with van der Waals surface area (Å²) in [7, 11) is 0. The number of hydrogen-bond acceptors (Lipinski definition) is 3. The van der Waals surface area contributed by atoms with Crippen LogP contribution in [0.4, 0.5) is 5.69 Å². The lowest BCUT2D eigenvalue weighted by Gasteiger charge is -2.19. The molecule has 0 bridgehead atoms. The van der Waals surface area contributed by atoms with Gasteiger partial charge in [-0.15, -0.1) is 0 Å². The molecule has 1 aliphatic heterocycles. The van der Waals surface area contributed by atoms with Crippen LogP contribution in [-0.2, 0) is 6.42 Å². The molecule has 0 aliphatic carbocycles. The number of rotatable bonds is 3. The van der Waals surface area contributed by atoms with Crippen LogP contribution in [0.5, 0.6) is 0 Å². The Morgan fingerprint density at radius 2 is 2.41 bits per heavy atom. The molecule has 1 aromatic rings. The van der Waals surface area contributed by atoms with Gasteiger partial charge in [0.1, 0.15) is 5.15 Å². The lowest BCUT2D eigenvalue weighted by Crippen LogP contribution is -2.31. The molecule has 3 nitrogen and oxygen atoms in total. The van der Waals surface area contributed by atoms with Gasteiger partial charge < -0.3 is 10.6 Å². The maximum Gasteiger partial charge on any atom is 0.131 e. The number of aromatic nitrogens is 1. The minimum atomic E-state index is 0.501. The monoisotopic (exact) mass is 253 g/mol. The van der Waals surface area contributed by atoms with E-state index in [0.717, 1.165) is 25.2 Å². The molecule has 2 rings (SSSR count). The van der Waals surface area contributed by atoms with E-state index in [1.807, 2.05) is 12.3 Å². The van der Waals surface area contributed by atoms with E-state index in [0.29, 0.717) is 11.2 Å². The van der Waals surface area contributed by atoms with Crippen molar-refractivity contribution in [3.05, 3.63) is 23.0 Å². The van der Waals surface area contributed by atoms with Crippen LogP contribution in [0.15, 0.2) is 12.3 Å². The number of pyridine rings is 1. The van der Waals surface area contributed by atoms with Gasteiger partial charge in [-0.05, 0) is 37.4 Å². The zero-order chi connectivity index (χ0) is 12.1. The van der Waals surface area contributed by atoms with Crippen LogP contribution in [0.2, 0.25) is 5.15 Å². The number of hydrogen-bond donors (Lipinski definition) is 2. The van der Waals surface area contributed by atoms with Crippen molar-refractivity contribution in [2.75, 3.05) is 18.4 Å². The highest BCUT2D eigenvalue weighted by atomic mass is 35.5. The molecule has 0 unspecified atom stereocenters. The second-order valence-electron chi connectivity index (χ2n) is 4.56. The lowest BCUT2D eigenvalue weighted by molar-refractivity contribution is 0.635. The third kappa shape index (κ3) is 3.58. The van der Waals surface area contributed by atoms with E-state index in [4.69, 9.17) is 11.6 Å². The van der Waals surface area contributed by atoms with Gasteiger partial charge >= 0.3 is 0 Å². The molecule has 0 aromatic carbocycles. The molecule has 0 radical (unpaired) electrons. The van der Waals surface area contributed by atoms with Crippen LogP contribution in [0.3, 0.4) is 0 Å². The molecule has 1 atom stereocenters. The van der Waals surface area contributed by atoms with Crippen molar-refractivity contribution in [1.29, 1.82) is 0 Å². The van der Waals surface area contributed by atoms with Crippen LogP contribution >= 0.6 is 11.6 Å². The number of aryl methyl sites for hydroxylation is 1. The molecular formula is C13H20ClN3. The summed E-state index contributed by atoms with van der Waals surface area (Å²) in [6.45, 7) is 4.31. The molecule has 1 aliphatic rings. The first-order chi connectivity index (χ1) is 8.29. The molecule has 17 heavy (non-hydrogen) atoms. The van der Waals surface area contributed by atoms with Gasteiger partial charge in [0.25, 0.3) is 0 Å². The summed E-state index contributed by atoms with van der Waals surface area (Å²) in [6.07, 6.45) is 6.62. The Bertz CT molecular complexity index is 360. The SMILES string of the molecule is CCc1cnc(Cl)cc1N[C@@H]1CCCCNC1. The zero-order valence-corrected chi connectivity index (χ0v) is 11.1. The average Bonchev–Trinajstić information content (AvgIpc) is 2.58. The molecule has 0 spiro atoms. The standard InChI is InChI=1S/C13H20ClN3/c1-2-10-8-16-13(14)7-12(10)17-11-5-3-4-6-15-9-11/h7-8,11,15H,2-6,9H2,1H3,(H,16,17)/t11-/m1/s1. The summed E-state index contributed by atoms with van der Waals surface area (Å²) >= 11 is 5.96. The number of halogens is 1. The van der Waals surface area contributed by atoms with Crippen LogP contribution in [0.1, 0.15) is 31.7 Å². The van der Waals surface area contributed by atoms with Gasteiger partial charge in [-0.1, -0.05) is 24.9 Å². The smallest absolute Gasteiger partial charge is 0.131 e. The summed E-state index contributed by atoms with van der Waals surface area (Å²) in [5.41, 5.74) is 2.37. The summed E-state index contributed by atoms with van der Waals surface area (Å²) in [5, 5.41) is 7.61. The first-order valence-electron chi connectivity index (χ1n) is 6.41. The van der Waals surface area contributed by atoms with Gasteiger partial charge in [0.15, 0.2) is 0 Å². The Balaban J connectivity index is 2.07.